The zero-order chi connectivity index (χ0) is 24.0. The van der Waals surface area contributed by atoms with Crippen molar-refractivity contribution in [2.75, 3.05) is 10.0 Å². The number of aromatic nitrogens is 1. The van der Waals surface area contributed by atoms with Crippen molar-refractivity contribution in [3.05, 3.63) is 54.9 Å². The number of nitrogens with one attached hydrogen (secondary N) is 2. The Morgan fingerprint density at radius 3 is 2.34 bits per heavy atom. The summed E-state index contributed by atoms with van der Waals surface area (Å²) in [6.07, 6.45) is 0. The maximum atomic E-state index is 13.2. The maximum absolute atomic E-state index is 13.2. The van der Waals surface area contributed by atoms with Crippen molar-refractivity contribution < 1.29 is 22.5 Å². The second kappa shape index (κ2) is 8.68. The molecule has 11 heteroatoms. The fourth-order valence-electron chi connectivity index (χ4n) is 3.26. The van der Waals surface area contributed by atoms with Gasteiger partial charge in [-0.2, -0.15) is 0 Å². The first-order valence-corrected chi connectivity index (χ1v) is 12.2. The molecule has 0 saturated carbocycles. The Morgan fingerprint density at radius 1 is 1.12 bits per heavy atom. The lowest BCUT2D eigenvalue weighted by molar-refractivity contribution is 0.101. The van der Waals surface area contributed by atoms with Crippen molar-refractivity contribution in [3.63, 3.8) is 0 Å². The molecule has 0 fully saturated rings. The number of sulfonamides is 1. The first-order chi connectivity index (χ1) is 14.8. The van der Waals surface area contributed by atoms with E-state index in [-0.39, 0.29) is 26.5 Å². The van der Waals surface area contributed by atoms with Crippen molar-refractivity contribution in [1.29, 1.82) is 0 Å². The highest BCUT2D eigenvalue weighted by atomic mass is 35.5. The van der Waals surface area contributed by atoms with Crippen LogP contribution in [0.3, 0.4) is 0 Å². The van der Waals surface area contributed by atoms with Gasteiger partial charge in [0.1, 0.15) is 20.5 Å². The monoisotopic (exact) mass is 495 g/mol. The van der Waals surface area contributed by atoms with Gasteiger partial charge in [-0.25, -0.2) is 13.1 Å². The van der Waals surface area contributed by atoms with Crippen LogP contribution in [0.1, 0.15) is 54.2 Å². The topological polar surface area (TPSA) is 118 Å². The SMILES string of the molecule is CC(=O)c1cc(C)cc(C)c1NC(=O)c1sc(C)c(C)c1S(=O)(=O)Nc1onc(C)c1Cl. The summed E-state index contributed by atoms with van der Waals surface area (Å²) in [5, 5.41) is 6.40. The molecule has 32 heavy (non-hydrogen) atoms. The van der Waals surface area contributed by atoms with E-state index >= 15 is 0 Å². The van der Waals surface area contributed by atoms with Crippen LogP contribution in [0.15, 0.2) is 21.6 Å². The number of hydrogen-bond donors (Lipinski definition) is 2. The predicted octanol–water partition coefficient (Wildman–Crippen LogP) is 5.19. The third-order valence-electron chi connectivity index (χ3n) is 4.92. The normalized spacial score (nSPS) is 11.5. The van der Waals surface area contributed by atoms with Gasteiger partial charge in [-0.05, 0) is 64.3 Å². The number of thiophene rings is 1. The molecular formula is C21H22ClN3O5S2. The molecule has 0 radical (unpaired) electrons. The number of amides is 1. The Hall–Kier alpha value is -2.69. The summed E-state index contributed by atoms with van der Waals surface area (Å²) < 4.78 is 33.6. The van der Waals surface area contributed by atoms with Gasteiger partial charge in [0.25, 0.3) is 21.8 Å². The first-order valence-electron chi connectivity index (χ1n) is 9.51. The van der Waals surface area contributed by atoms with E-state index in [1.807, 2.05) is 13.0 Å². The van der Waals surface area contributed by atoms with Crippen LogP contribution in [0.2, 0.25) is 5.02 Å². The number of carbonyl (C=O) groups excluding carboxylic acids is 2. The van der Waals surface area contributed by atoms with E-state index in [4.69, 9.17) is 16.1 Å². The summed E-state index contributed by atoms with van der Waals surface area (Å²) in [7, 11) is -4.23. The van der Waals surface area contributed by atoms with Gasteiger partial charge in [-0.1, -0.05) is 22.8 Å². The van der Waals surface area contributed by atoms with Crippen LogP contribution in [-0.4, -0.2) is 25.3 Å². The van der Waals surface area contributed by atoms with Gasteiger partial charge in [0, 0.05) is 10.4 Å². The number of rotatable bonds is 6. The lowest BCUT2D eigenvalue weighted by Crippen LogP contribution is -2.20. The minimum absolute atomic E-state index is 0.0191. The molecular weight excluding hydrogens is 474 g/mol. The van der Waals surface area contributed by atoms with Gasteiger partial charge < -0.3 is 9.84 Å². The third-order valence-corrected chi connectivity index (χ3v) is 8.20. The molecule has 3 rings (SSSR count). The van der Waals surface area contributed by atoms with E-state index in [0.717, 1.165) is 16.9 Å². The number of nitrogens with zero attached hydrogens (tertiary/aromatic N) is 1. The van der Waals surface area contributed by atoms with Gasteiger partial charge in [0.05, 0.1) is 5.69 Å². The number of benzene rings is 1. The molecule has 0 aliphatic carbocycles. The van der Waals surface area contributed by atoms with Crippen molar-refractivity contribution in [2.24, 2.45) is 0 Å². The highest BCUT2D eigenvalue weighted by Gasteiger charge is 2.31. The fraction of sp³-hybridized carbons (Fsp3) is 0.286. The molecule has 1 aromatic carbocycles. The molecule has 170 valence electrons. The zero-order valence-corrected chi connectivity index (χ0v) is 20.7. The first kappa shape index (κ1) is 24.0. The van der Waals surface area contributed by atoms with Crippen LogP contribution < -0.4 is 10.0 Å². The Kier molecular flexibility index (Phi) is 6.50. The maximum Gasteiger partial charge on any atom is 0.267 e. The number of Topliss-reactive ketones (excluding diaryl/α,β-unsaturated/α-hetero) is 1. The van der Waals surface area contributed by atoms with Gasteiger partial charge >= 0.3 is 0 Å². The summed E-state index contributed by atoms with van der Waals surface area (Å²) >= 11 is 7.09. The minimum Gasteiger partial charge on any atom is -0.336 e. The standard InChI is InChI=1S/C21H22ClN3O5S2/c1-9-7-10(2)17(15(8-9)13(5)26)23-20(27)18-19(11(3)14(6)31-18)32(28,29)25-21-16(22)12(4)24-30-21/h7-8,25H,1-6H3,(H,23,27). The molecule has 0 atom stereocenters. The second-order valence-corrected chi connectivity index (χ2v) is 10.7. The molecule has 2 N–H and O–H groups in total. The summed E-state index contributed by atoms with van der Waals surface area (Å²) in [5.41, 5.74) is 3.02. The molecule has 3 aromatic rings. The molecule has 0 aliphatic heterocycles. The van der Waals surface area contributed by atoms with Gasteiger partial charge in [0.15, 0.2) is 5.78 Å². The molecule has 2 heterocycles. The highest BCUT2D eigenvalue weighted by Crippen LogP contribution is 2.35. The smallest absolute Gasteiger partial charge is 0.267 e. The van der Waals surface area contributed by atoms with Crippen LogP contribution in [0.5, 0.6) is 0 Å². The van der Waals surface area contributed by atoms with Crippen LogP contribution in [0.4, 0.5) is 11.6 Å². The largest absolute Gasteiger partial charge is 0.336 e. The lowest BCUT2D eigenvalue weighted by Gasteiger charge is -2.14. The lowest BCUT2D eigenvalue weighted by atomic mass is 10.0. The number of aryl methyl sites for hydroxylation is 4. The van der Waals surface area contributed by atoms with Crippen LogP contribution >= 0.6 is 22.9 Å². The predicted molar refractivity (Wildman–Crippen MR) is 125 cm³/mol. The average molecular weight is 496 g/mol. The molecule has 1 amide bonds. The van der Waals surface area contributed by atoms with E-state index in [2.05, 4.69) is 15.2 Å². The number of ketones is 1. The summed E-state index contributed by atoms with van der Waals surface area (Å²) in [5.74, 6) is -1.08. The highest BCUT2D eigenvalue weighted by molar-refractivity contribution is 7.93. The Bertz CT molecular complexity index is 1360. The minimum atomic E-state index is -4.23. The van der Waals surface area contributed by atoms with E-state index in [1.165, 1.54) is 6.92 Å². The molecule has 8 nitrogen and oxygen atoms in total. The molecule has 0 saturated heterocycles. The van der Waals surface area contributed by atoms with E-state index in [9.17, 15) is 18.0 Å². The third kappa shape index (κ3) is 4.43. The Labute approximate surface area is 195 Å². The number of carbonyl (C=O) groups is 2. The van der Waals surface area contributed by atoms with Crippen molar-refractivity contribution >= 4 is 56.2 Å². The number of halogens is 1. The van der Waals surface area contributed by atoms with E-state index < -0.39 is 15.9 Å². The van der Waals surface area contributed by atoms with Crippen molar-refractivity contribution in [2.45, 2.75) is 46.4 Å². The van der Waals surface area contributed by atoms with Gasteiger partial charge in [0.2, 0.25) is 0 Å². The van der Waals surface area contributed by atoms with Crippen LogP contribution in [0.25, 0.3) is 0 Å². The van der Waals surface area contributed by atoms with Crippen LogP contribution in [0, 0.1) is 34.6 Å². The summed E-state index contributed by atoms with van der Waals surface area (Å²) in [6, 6.07) is 3.52. The zero-order valence-electron chi connectivity index (χ0n) is 18.3. The molecule has 2 aromatic heterocycles. The number of hydrogen-bond acceptors (Lipinski definition) is 7. The Balaban J connectivity index is 2.06. The second-order valence-electron chi connectivity index (χ2n) is 7.47. The van der Waals surface area contributed by atoms with Crippen molar-refractivity contribution in [1.82, 2.24) is 5.16 Å². The van der Waals surface area contributed by atoms with E-state index in [0.29, 0.717) is 32.9 Å². The van der Waals surface area contributed by atoms with Crippen molar-refractivity contribution in [3.8, 4) is 0 Å². The fourth-order valence-corrected chi connectivity index (χ4v) is 6.28. The van der Waals surface area contributed by atoms with Crippen LogP contribution in [-0.2, 0) is 10.0 Å². The molecule has 0 aliphatic rings. The van der Waals surface area contributed by atoms with Gasteiger partial charge in [-0.15, -0.1) is 11.3 Å². The number of anilines is 2. The molecule has 0 bridgehead atoms. The molecule has 0 spiro atoms. The summed E-state index contributed by atoms with van der Waals surface area (Å²) in [4.78, 5) is 25.8. The Morgan fingerprint density at radius 2 is 1.78 bits per heavy atom. The van der Waals surface area contributed by atoms with Gasteiger partial charge in [-0.3, -0.25) is 9.59 Å². The summed E-state index contributed by atoms with van der Waals surface area (Å²) in [6.45, 7) is 9.93. The average Bonchev–Trinajstić information content (AvgIpc) is 3.17. The molecule has 0 unspecified atom stereocenters. The quantitative estimate of drug-likeness (QED) is 0.454. The van der Waals surface area contributed by atoms with E-state index in [1.54, 1.807) is 33.8 Å².